The quantitative estimate of drug-likeness (QED) is 0.0801. The minimum absolute atomic E-state index is 0.0348. The highest BCUT2D eigenvalue weighted by atomic mass is 35.5. The van der Waals surface area contributed by atoms with Crippen molar-refractivity contribution in [3.05, 3.63) is 117 Å². The molecule has 1 amide bonds. The number of ether oxygens (including phenoxy) is 2. The minimum Gasteiger partial charge on any atom is -0.493 e. The van der Waals surface area contributed by atoms with Gasteiger partial charge in [0.05, 0.1) is 33.7 Å². The van der Waals surface area contributed by atoms with Crippen molar-refractivity contribution < 1.29 is 27.6 Å². The molecule has 3 aromatic carbocycles. The maximum atomic E-state index is 14.2. The smallest absolute Gasteiger partial charge is 0.277 e. The first-order valence-electron chi connectivity index (χ1n) is 24.8. The number of hydrogen-bond donors (Lipinski definition) is 2. The van der Waals surface area contributed by atoms with Gasteiger partial charge in [0.1, 0.15) is 22.9 Å². The van der Waals surface area contributed by atoms with E-state index in [-0.39, 0.29) is 34.1 Å². The third kappa shape index (κ3) is 10.6. The van der Waals surface area contributed by atoms with Crippen molar-refractivity contribution in [1.29, 1.82) is 0 Å². The summed E-state index contributed by atoms with van der Waals surface area (Å²) in [5, 5.41) is 14.1. The van der Waals surface area contributed by atoms with Gasteiger partial charge >= 0.3 is 0 Å². The number of aromatic nitrogens is 2. The number of pyridine rings is 1. The molecule has 1 saturated carbocycles. The molecule has 10 rings (SSSR count). The number of carbonyl (C=O) groups is 1. The highest BCUT2D eigenvalue weighted by molar-refractivity contribution is 7.90. The molecule has 5 aliphatic rings. The number of fused-ring (bicyclic) bond motifs is 2. The zero-order valence-electron chi connectivity index (χ0n) is 40.3. The van der Waals surface area contributed by atoms with Gasteiger partial charge in [-0.05, 0) is 117 Å². The summed E-state index contributed by atoms with van der Waals surface area (Å²) in [5.74, 6) is -0.288. The fourth-order valence-electron chi connectivity index (χ4n) is 11.1. The van der Waals surface area contributed by atoms with Crippen LogP contribution in [0.5, 0.6) is 17.2 Å². The molecule has 0 unspecified atom stereocenters. The first-order valence-corrected chi connectivity index (χ1v) is 26.7. The Morgan fingerprint density at radius 3 is 2.54 bits per heavy atom. The number of nitro groups is 1. The molecule has 370 valence electrons. The predicted molar refractivity (Wildman–Crippen MR) is 273 cm³/mol. The predicted octanol–water partition coefficient (Wildman–Crippen LogP) is 9.32. The molecule has 2 saturated heterocycles. The van der Waals surface area contributed by atoms with Crippen molar-refractivity contribution in [3.8, 4) is 17.2 Å². The molecule has 3 fully saturated rings. The van der Waals surface area contributed by atoms with Crippen molar-refractivity contribution in [2.45, 2.75) is 89.1 Å². The summed E-state index contributed by atoms with van der Waals surface area (Å²) < 4.78 is 42.8. The number of hydrogen-bond acceptors (Lipinski definition) is 12. The topological polar surface area (TPSA) is 166 Å². The van der Waals surface area contributed by atoms with Gasteiger partial charge in [-0.3, -0.25) is 24.7 Å². The summed E-state index contributed by atoms with van der Waals surface area (Å²) in [4.78, 5) is 43.1. The van der Waals surface area contributed by atoms with Crippen LogP contribution in [0.3, 0.4) is 0 Å². The largest absolute Gasteiger partial charge is 0.493 e. The molecule has 2 aliphatic carbocycles. The van der Waals surface area contributed by atoms with Crippen LogP contribution < -0.4 is 19.1 Å². The first kappa shape index (κ1) is 48.1. The number of anilines is 1. The maximum absolute atomic E-state index is 14.2. The third-order valence-corrected chi connectivity index (χ3v) is 16.9. The van der Waals surface area contributed by atoms with E-state index in [9.17, 15) is 23.3 Å². The normalized spacial score (nSPS) is 21.5. The van der Waals surface area contributed by atoms with Gasteiger partial charge in [0, 0.05) is 105 Å². The SMILES string of the molecule is C[C@@H]1CN(CC[C@@H]2COc3cc(S(=O)(=O)NC(=O)c4ccc(N5CCN(CC6=C(c7ccc(Cl)cc7)CC(C)(C)CC6)CC5)cc4Oc4cnc5[nH]ccc5c4)cc([N+](=O)[O-])c3C2)CCN1C1CCC1. The number of nitro benzene ring substituents is 1. The molecule has 70 heavy (non-hydrogen) atoms. The van der Waals surface area contributed by atoms with E-state index >= 15 is 0 Å². The summed E-state index contributed by atoms with van der Waals surface area (Å²) in [6.07, 6.45) is 11.6. The molecule has 0 radical (unpaired) electrons. The van der Waals surface area contributed by atoms with Gasteiger partial charge in [-0.15, -0.1) is 0 Å². The lowest BCUT2D eigenvalue weighted by molar-refractivity contribution is -0.386. The fraction of sp³-hybridized carbons (Fsp3) is 0.472. The van der Waals surface area contributed by atoms with Crippen molar-refractivity contribution in [1.82, 2.24) is 29.4 Å². The Bertz CT molecular complexity index is 2910. The Morgan fingerprint density at radius 2 is 1.80 bits per heavy atom. The Morgan fingerprint density at radius 1 is 1.01 bits per heavy atom. The molecule has 5 heterocycles. The van der Waals surface area contributed by atoms with Crippen LogP contribution in [0.4, 0.5) is 11.4 Å². The Hall–Kier alpha value is -5.52. The number of nitrogens with zero attached hydrogens (tertiary/aromatic N) is 6. The van der Waals surface area contributed by atoms with Crippen LogP contribution in [0.25, 0.3) is 16.6 Å². The first-order chi connectivity index (χ1) is 33.6. The molecule has 0 spiro atoms. The van der Waals surface area contributed by atoms with Gasteiger partial charge in [0.25, 0.3) is 21.6 Å². The van der Waals surface area contributed by atoms with Crippen LogP contribution in [0, 0.1) is 21.4 Å². The van der Waals surface area contributed by atoms with Crippen LogP contribution in [0.15, 0.2) is 89.6 Å². The molecule has 0 bridgehead atoms. The maximum Gasteiger partial charge on any atom is 0.277 e. The monoisotopic (exact) mass is 990 g/mol. The van der Waals surface area contributed by atoms with E-state index in [1.54, 1.807) is 30.5 Å². The number of benzene rings is 3. The van der Waals surface area contributed by atoms with E-state index in [0.717, 1.165) is 107 Å². The number of aromatic amines is 1. The fourth-order valence-corrected chi connectivity index (χ4v) is 12.2. The van der Waals surface area contributed by atoms with E-state index in [2.05, 4.69) is 67.2 Å². The van der Waals surface area contributed by atoms with Crippen molar-refractivity contribution in [3.63, 3.8) is 0 Å². The summed E-state index contributed by atoms with van der Waals surface area (Å²) in [6.45, 7) is 15.2. The van der Waals surface area contributed by atoms with Crippen LogP contribution >= 0.6 is 11.6 Å². The Kier molecular flexibility index (Phi) is 13.7. The number of carbonyl (C=O) groups excluding carboxylic acids is 1. The molecule has 3 aliphatic heterocycles. The number of allylic oxidation sites excluding steroid dienone is 1. The molecular formula is C53H63ClN8O7S. The van der Waals surface area contributed by atoms with Gasteiger partial charge in [0.2, 0.25) is 0 Å². The average molecular weight is 992 g/mol. The van der Waals surface area contributed by atoms with Crippen LogP contribution in [-0.4, -0.2) is 122 Å². The second-order valence-electron chi connectivity index (χ2n) is 20.8. The van der Waals surface area contributed by atoms with E-state index < -0.39 is 25.7 Å². The number of rotatable bonds is 14. The van der Waals surface area contributed by atoms with E-state index in [4.69, 9.17) is 21.1 Å². The van der Waals surface area contributed by atoms with Crippen molar-refractivity contribution >= 4 is 55.5 Å². The summed E-state index contributed by atoms with van der Waals surface area (Å²) in [5.41, 5.74) is 5.80. The standard InChI is InChI=1S/C53H63ClN8O7S/c1-35-32-58(21-24-61(35)41-5-4-6-41)18-15-36-25-46-48(62(64)65)28-44(29-49(46)68-34-36)70(66,67)57-52(63)45-12-11-42(27-50(45)69-43-26-38-14-17-55-51(38)56-31-43)60-22-19-59(20-23-60)33-39-13-16-53(2,3)30-47(39)37-7-9-40(54)10-8-37/h7-12,14,17,26-29,31,35-36,41H,4-6,13,15-16,18-25,30,32-34H2,1-3H3,(H,55,56)(H,57,63)/t35-,36+/m1/s1. The van der Waals surface area contributed by atoms with Crippen LogP contribution in [0.2, 0.25) is 5.02 Å². The van der Waals surface area contributed by atoms with Gasteiger partial charge in [0.15, 0.2) is 0 Å². The molecule has 2 aromatic heterocycles. The number of sulfonamides is 1. The number of nitrogens with one attached hydrogen (secondary N) is 2. The second-order valence-corrected chi connectivity index (χ2v) is 22.9. The number of piperazine rings is 2. The lowest BCUT2D eigenvalue weighted by Gasteiger charge is -2.47. The lowest BCUT2D eigenvalue weighted by Crippen LogP contribution is -2.57. The molecule has 5 aromatic rings. The lowest BCUT2D eigenvalue weighted by atomic mass is 9.72. The molecule has 17 heteroatoms. The molecular weight excluding hydrogens is 928 g/mol. The van der Waals surface area contributed by atoms with Crippen molar-refractivity contribution in [2.75, 3.05) is 70.4 Å². The van der Waals surface area contributed by atoms with Crippen LogP contribution in [0.1, 0.15) is 87.2 Å². The number of amides is 1. The van der Waals surface area contributed by atoms with Crippen LogP contribution in [-0.2, 0) is 16.4 Å². The number of H-pyrrole nitrogens is 1. The minimum atomic E-state index is -4.63. The van der Waals surface area contributed by atoms with Gasteiger partial charge in [-0.1, -0.05) is 49.6 Å². The average Bonchev–Trinajstić information content (AvgIpc) is 3.79. The number of halogens is 1. The van der Waals surface area contributed by atoms with Gasteiger partial charge < -0.3 is 24.3 Å². The summed E-state index contributed by atoms with van der Waals surface area (Å²) in [7, 11) is -4.63. The molecule has 2 N–H and O–H groups in total. The molecule has 2 atom stereocenters. The third-order valence-electron chi connectivity index (χ3n) is 15.4. The van der Waals surface area contributed by atoms with E-state index in [1.165, 1.54) is 48.2 Å². The highest BCUT2D eigenvalue weighted by Gasteiger charge is 2.36. The highest BCUT2D eigenvalue weighted by Crippen LogP contribution is 2.44. The van der Waals surface area contributed by atoms with Gasteiger partial charge in [-0.2, -0.15) is 0 Å². The van der Waals surface area contributed by atoms with E-state index in [1.807, 2.05) is 18.2 Å². The zero-order valence-corrected chi connectivity index (χ0v) is 41.9. The Labute approximate surface area is 415 Å². The summed E-state index contributed by atoms with van der Waals surface area (Å²) in [6, 6.07) is 20.5. The van der Waals surface area contributed by atoms with Crippen molar-refractivity contribution in [2.24, 2.45) is 11.3 Å². The Balaban J connectivity index is 0.837. The second kappa shape index (κ2) is 19.9. The van der Waals surface area contributed by atoms with Gasteiger partial charge in [-0.25, -0.2) is 18.1 Å². The summed E-state index contributed by atoms with van der Waals surface area (Å²) >= 11 is 6.26. The molecule has 15 nitrogen and oxygen atoms in total. The zero-order chi connectivity index (χ0) is 48.7. The van der Waals surface area contributed by atoms with E-state index in [0.29, 0.717) is 42.1 Å².